The molecule has 0 saturated carbocycles. The first kappa shape index (κ1) is 11.4. The lowest BCUT2D eigenvalue weighted by atomic mass is 9.86. The van der Waals surface area contributed by atoms with Crippen LogP contribution in [-0.2, 0) is 5.41 Å². The Morgan fingerprint density at radius 1 is 1.29 bits per heavy atom. The molecule has 0 N–H and O–H groups in total. The highest BCUT2D eigenvalue weighted by Gasteiger charge is 2.16. The van der Waals surface area contributed by atoms with Gasteiger partial charge in [0.15, 0.2) is 5.78 Å². The third kappa shape index (κ3) is 2.44. The van der Waals surface area contributed by atoms with Crippen LogP contribution in [0.3, 0.4) is 0 Å². The molecule has 0 aliphatic carbocycles. The number of hydrogen-bond donors (Lipinski definition) is 0. The fourth-order valence-corrected chi connectivity index (χ4v) is 1.79. The van der Waals surface area contributed by atoms with Gasteiger partial charge in [0.2, 0.25) is 0 Å². The molecule has 1 aromatic rings. The summed E-state index contributed by atoms with van der Waals surface area (Å²) in [4.78, 5) is 11.3. The Kier molecular flexibility index (Phi) is 3.15. The Labute approximate surface area is 93.7 Å². The molecule has 1 rings (SSSR count). The van der Waals surface area contributed by atoms with Crippen molar-refractivity contribution >= 4 is 21.7 Å². The maximum Gasteiger partial charge on any atom is 0.160 e. The van der Waals surface area contributed by atoms with Gasteiger partial charge in [-0.05, 0) is 30.0 Å². The summed E-state index contributed by atoms with van der Waals surface area (Å²) in [6.07, 6.45) is 0. The van der Waals surface area contributed by atoms with E-state index in [4.69, 9.17) is 0 Å². The van der Waals surface area contributed by atoms with Gasteiger partial charge in [0, 0.05) is 10.0 Å². The Balaban J connectivity index is 3.27. The van der Waals surface area contributed by atoms with Crippen LogP contribution in [-0.4, -0.2) is 5.78 Å². The fraction of sp³-hybridized carbons (Fsp3) is 0.417. The van der Waals surface area contributed by atoms with Crippen LogP contribution in [0.2, 0.25) is 0 Å². The van der Waals surface area contributed by atoms with Crippen molar-refractivity contribution in [3.63, 3.8) is 0 Å². The van der Waals surface area contributed by atoms with Crippen LogP contribution in [0.25, 0.3) is 0 Å². The minimum Gasteiger partial charge on any atom is -0.294 e. The summed E-state index contributed by atoms with van der Waals surface area (Å²) in [6.45, 7) is 8.01. The molecule has 76 valence electrons. The lowest BCUT2D eigenvalue weighted by Crippen LogP contribution is -2.12. The number of ketones is 1. The number of rotatable bonds is 1. The van der Waals surface area contributed by atoms with E-state index in [9.17, 15) is 4.79 Å². The molecule has 1 aromatic carbocycles. The number of hydrogen-bond acceptors (Lipinski definition) is 1. The lowest BCUT2D eigenvalue weighted by Gasteiger charge is -2.19. The molecular formula is C12H15BrO. The number of Topliss-reactive ketones (excluding diaryl/α,β-unsaturated/α-hetero) is 1. The molecular weight excluding hydrogens is 240 g/mol. The molecule has 0 saturated heterocycles. The van der Waals surface area contributed by atoms with Gasteiger partial charge in [-0.1, -0.05) is 42.8 Å². The molecule has 2 heteroatoms. The number of carbonyl (C=O) groups excluding carboxylic acids is 1. The van der Waals surface area contributed by atoms with Crippen LogP contribution in [0.5, 0.6) is 0 Å². The molecule has 14 heavy (non-hydrogen) atoms. The van der Waals surface area contributed by atoms with E-state index in [-0.39, 0.29) is 11.2 Å². The SMILES string of the molecule is CC(=O)c1cc(C(C)(C)C)ccc1Br. The summed E-state index contributed by atoms with van der Waals surface area (Å²) in [5.74, 6) is 0.1000. The van der Waals surface area contributed by atoms with Crippen molar-refractivity contribution < 1.29 is 4.79 Å². The van der Waals surface area contributed by atoms with Crippen molar-refractivity contribution in [3.8, 4) is 0 Å². The highest BCUT2D eigenvalue weighted by molar-refractivity contribution is 9.10. The monoisotopic (exact) mass is 254 g/mol. The first-order valence-electron chi connectivity index (χ1n) is 4.63. The summed E-state index contributed by atoms with van der Waals surface area (Å²) < 4.78 is 0.873. The quantitative estimate of drug-likeness (QED) is 0.694. The molecule has 0 atom stereocenters. The summed E-state index contributed by atoms with van der Waals surface area (Å²) >= 11 is 3.38. The van der Waals surface area contributed by atoms with Gasteiger partial charge < -0.3 is 0 Å². The average molecular weight is 255 g/mol. The third-order valence-electron chi connectivity index (χ3n) is 2.21. The topological polar surface area (TPSA) is 17.1 Å². The molecule has 1 nitrogen and oxygen atoms in total. The maximum atomic E-state index is 11.3. The molecule has 0 radical (unpaired) electrons. The van der Waals surface area contributed by atoms with Gasteiger partial charge in [-0.15, -0.1) is 0 Å². The van der Waals surface area contributed by atoms with Crippen molar-refractivity contribution in [1.82, 2.24) is 0 Å². The molecule has 0 fully saturated rings. The van der Waals surface area contributed by atoms with Gasteiger partial charge in [-0.25, -0.2) is 0 Å². The van der Waals surface area contributed by atoms with E-state index in [1.54, 1.807) is 6.92 Å². The highest BCUT2D eigenvalue weighted by Crippen LogP contribution is 2.27. The van der Waals surface area contributed by atoms with E-state index in [1.165, 1.54) is 5.56 Å². The van der Waals surface area contributed by atoms with Gasteiger partial charge >= 0.3 is 0 Å². The number of halogens is 1. The minimum absolute atomic E-state index is 0.0882. The van der Waals surface area contributed by atoms with Gasteiger partial charge in [0.25, 0.3) is 0 Å². The molecule has 0 bridgehead atoms. The van der Waals surface area contributed by atoms with Crippen LogP contribution >= 0.6 is 15.9 Å². The standard InChI is InChI=1S/C12H15BrO/c1-8(14)10-7-9(12(2,3)4)5-6-11(10)13/h5-7H,1-4H3. The van der Waals surface area contributed by atoms with Gasteiger partial charge in [-0.3, -0.25) is 4.79 Å². The van der Waals surface area contributed by atoms with E-state index in [1.807, 2.05) is 12.1 Å². The first-order chi connectivity index (χ1) is 6.32. The molecule has 0 aromatic heterocycles. The van der Waals surface area contributed by atoms with Crippen LogP contribution in [0.4, 0.5) is 0 Å². The van der Waals surface area contributed by atoms with Crippen LogP contribution in [0, 0.1) is 0 Å². The largest absolute Gasteiger partial charge is 0.294 e. The second-order valence-electron chi connectivity index (χ2n) is 4.50. The molecule has 0 amide bonds. The molecule has 0 heterocycles. The summed E-state index contributed by atoms with van der Waals surface area (Å²) in [5.41, 5.74) is 2.04. The van der Waals surface area contributed by atoms with E-state index < -0.39 is 0 Å². The van der Waals surface area contributed by atoms with Crippen molar-refractivity contribution in [1.29, 1.82) is 0 Å². The van der Waals surface area contributed by atoms with Crippen molar-refractivity contribution in [2.24, 2.45) is 0 Å². The van der Waals surface area contributed by atoms with Crippen molar-refractivity contribution in [3.05, 3.63) is 33.8 Å². The van der Waals surface area contributed by atoms with Crippen LogP contribution < -0.4 is 0 Å². The van der Waals surface area contributed by atoms with E-state index in [2.05, 4.69) is 42.8 Å². The fourth-order valence-electron chi connectivity index (χ4n) is 1.26. The van der Waals surface area contributed by atoms with Gasteiger partial charge in [0.1, 0.15) is 0 Å². The van der Waals surface area contributed by atoms with Crippen molar-refractivity contribution in [2.45, 2.75) is 33.1 Å². The van der Waals surface area contributed by atoms with Crippen LogP contribution in [0.15, 0.2) is 22.7 Å². The summed E-state index contributed by atoms with van der Waals surface area (Å²) in [5, 5.41) is 0. The van der Waals surface area contributed by atoms with E-state index in [0.29, 0.717) is 0 Å². The second kappa shape index (κ2) is 3.85. The average Bonchev–Trinajstić information content (AvgIpc) is 2.02. The lowest BCUT2D eigenvalue weighted by molar-refractivity contribution is 0.101. The number of benzene rings is 1. The molecule has 0 aliphatic heterocycles. The Morgan fingerprint density at radius 3 is 2.29 bits per heavy atom. The zero-order valence-corrected chi connectivity index (χ0v) is 10.6. The normalized spacial score (nSPS) is 11.5. The second-order valence-corrected chi connectivity index (χ2v) is 5.36. The van der Waals surface area contributed by atoms with Gasteiger partial charge in [-0.2, -0.15) is 0 Å². The summed E-state index contributed by atoms with van der Waals surface area (Å²) in [6, 6.07) is 5.96. The Morgan fingerprint density at radius 2 is 1.86 bits per heavy atom. The highest BCUT2D eigenvalue weighted by atomic mass is 79.9. The number of carbonyl (C=O) groups is 1. The molecule has 0 spiro atoms. The van der Waals surface area contributed by atoms with E-state index in [0.717, 1.165) is 10.0 Å². The Hall–Kier alpha value is -0.630. The predicted octanol–water partition coefficient (Wildman–Crippen LogP) is 3.95. The van der Waals surface area contributed by atoms with E-state index >= 15 is 0 Å². The smallest absolute Gasteiger partial charge is 0.160 e. The van der Waals surface area contributed by atoms with Crippen LogP contribution in [0.1, 0.15) is 43.6 Å². The Bertz CT molecular complexity index is 361. The third-order valence-corrected chi connectivity index (χ3v) is 2.90. The molecule has 0 aliphatic rings. The first-order valence-corrected chi connectivity index (χ1v) is 5.42. The maximum absolute atomic E-state index is 11.3. The van der Waals surface area contributed by atoms with Gasteiger partial charge in [0.05, 0.1) is 0 Å². The van der Waals surface area contributed by atoms with Crippen molar-refractivity contribution in [2.75, 3.05) is 0 Å². The molecule has 0 unspecified atom stereocenters. The predicted molar refractivity (Wildman–Crippen MR) is 62.8 cm³/mol. The minimum atomic E-state index is 0.0882. The zero-order chi connectivity index (χ0) is 10.9. The zero-order valence-electron chi connectivity index (χ0n) is 9.02. The summed E-state index contributed by atoms with van der Waals surface area (Å²) in [7, 11) is 0.